The first kappa shape index (κ1) is 16.1. The molecule has 0 radical (unpaired) electrons. The first-order valence-corrected chi connectivity index (χ1v) is 7.60. The van der Waals surface area contributed by atoms with Crippen LogP contribution in [0.25, 0.3) is 0 Å². The molecule has 0 bridgehead atoms. The predicted octanol–water partition coefficient (Wildman–Crippen LogP) is 2.77. The van der Waals surface area contributed by atoms with Gasteiger partial charge in [0, 0.05) is 12.0 Å². The van der Waals surface area contributed by atoms with E-state index >= 15 is 0 Å². The molecule has 0 spiro atoms. The Hall–Kier alpha value is -0.940. The maximum Gasteiger partial charge on any atom is 0.287 e. The summed E-state index contributed by atoms with van der Waals surface area (Å²) in [6.07, 6.45) is 1.42. The van der Waals surface area contributed by atoms with Crippen molar-refractivity contribution in [2.24, 2.45) is 11.3 Å². The first-order valence-electron chi connectivity index (χ1n) is 6.38. The maximum absolute atomic E-state index is 11.9. The van der Waals surface area contributed by atoms with Crippen molar-refractivity contribution in [2.75, 3.05) is 12.8 Å². The zero-order valence-corrected chi connectivity index (χ0v) is 13.0. The molecule has 5 heteroatoms. The molecule has 0 aliphatic heterocycles. The molecule has 0 aliphatic carbocycles. The molecule has 1 rings (SSSR count). The molecule has 0 fully saturated rings. The molecular formula is C14H23NO3S. The van der Waals surface area contributed by atoms with Crippen molar-refractivity contribution in [1.29, 1.82) is 0 Å². The number of thioether (sulfide) groups is 1. The van der Waals surface area contributed by atoms with E-state index in [9.17, 15) is 9.90 Å². The van der Waals surface area contributed by atoms with E-state index < -0.39 is 6.10 Å². The summed E-state index contributed by atoms with van der Waals surface area (Å²) in [5.74, 6) is 0.210. The SMILES string of the molecule is CSc1ccc(C(=O)NCC(C)(C)C(O)C(C)C)o1. The fraction of sp³-hybridized carbons (Fsp3) is 0.643. The van der Waals surface area contributed by atoms with Gasteiger partial charge in [-0.25, -0.2) is 0 Å². The molecule has 108 valence electrons. The monoisotopic (exact) mass is 285 g/mol. The van der Waals surface area contributed by atoms with Gasteiger partial charge in [-0.2, -0.15) is 0 Å². The van der Waals surface area contributed by atoms with Crippen molar-refractivity contribution in [3.8, 4) is 0 Å². The van der Waals surface area contributed by atoms with Crippen molar-refractivity contribution >= 4 is 17.7 Å². The van der Waals surface area contributed by atoms with E-state index in [1.807, 2.05) is 34.0 Å². The predicted molar refractivity (Wildman–Crippen MR) is 77.4 cm³/mol. The fourth-order valence-corrected chi connectivity index (χ4v) is 2.33. The summed E-state index contributed by atoms with van der Waals surface area (Å²) in [5.41, 5.74) is -0.376. The van der Waals surface area contributed by atoms with Gasteiger partial charge in [0.05, 0.1) is 6.10 Å². The molecule has 0 saturated carbocycles. The lowest BCUT2D eigenvalue weighted by Crippen LogP contribution is -2.43. The van der Waals surface area contributed by atoms with E-state index in [0.717, 1.165) is 0 Å². The lowest BCUT2D eigenvalue weighted by Gasteiger charge is -2.33. The first-order chi connectivity index (χ1) is 8.77. The highest BCUT2D eigenvalue weighted by molar-refractivity contribution is 7.98. The van der Waals surface area contributed by atoms with Crippen LogP contribution in [0.3, 0.4) is 0 Å². The van der Waals surface area contributed by atoms with Crippen LogP contribution in [0.4, 0.5) is 0 Å². The number of aliphatic hydroxyl groups excluding tert-OH is 1. The highest BCUT2D eigenvalue weighted by Crippen LogP contribution is 2.25. The number of carbonyl (C=O) groups excluding carboxylic acids is 1. The summed E-state index contributed by atoms with van der Waals surface area (Å²) in [7, 11) is 0. The van der Waals surface area contributed by atoms with Gasteiger partial charge in [0.1, 0.15) is 0 Å². The van der Waals surface area contributed by atoms with Gasteiger partial charge in [0.2, 0.25) is 0 Å². The minimum absolute atomic E-state index is 0.151. The number of amides is 1. The van der Waals surface area contributed by atoms with Gasteiger partial charge in [0.15, 0.2) is 10.9 Å². The standard InChI is InChI=1S/C14H23NO3S/c1-9(2)12(16)14(3,4)8-15-13(17)10-6-7-11(18-10)19-5/h6-7,9,12,16H,8H2,1-5H3,(H,15,17). The molecule has 1 unspecified atom stereocenters. The Bertz CT molecular complexity index is 426. The largest absolute Gasteiger partial charge is 0.445 e. The summed E-state index contributed by atoms with van der Waals surface area (Å²) in [5, 5.41) is 13.6. The minimum Gasteiger partial charge on any atom is -0.445 e. The minimum atomic E-state index is -0.467. The molecule has 4 nitrogen and oxygen atoms in total. The smallest absolute Gasteiger partial charge is 0.287 e. The van der Waals surface area contributed by atoms with Crippen molar-refractivity contribution in [3.63, 3.8) is 0 Å². The Labute approximate surface area is 119 Å². The maximum atomic E-state index is 11.9. The van der Waals surface area contributed by atoms with Gasteiger partial charge in [-0.3, -0.25) is 4.79 Å². The number of carbonyl (C=O) groups is 1. The van der Waals surface area contributed by atoms with Crippen LogP contribution in [0.2, 0.25) is 0 Å². The van der Waals surface area contributed by atoms with E-state index in [1.54, 1.807) is 12.1 Å². The molecule has 0 aliphatic rings. The topological polar surface area (TPSA) is 62.5 Å². The molecular weight excluding hydrogens is 262 g/mol. The third-order valence-corrected chi connectivity index (χ3v) is 3.76. The lowest BCUT2D eigenvalue weighted by molar-refractivity contribution is 0.0136. The molecule has 19 heavy (non-hydrogen) atoms. The van der Waals surface area contributed by atoms with Gasteiger partial charge in [0.25, 0.3) is 5.91 Å². The van der Waals surface area contributed by atoms with Crippen LogP contribution in [0, 0.1) is 11.3 Å². The molecule has 1 heterocycles. The van der Waals surface area contributed by atoms with Crippen molar-refractivity contribution in [1.82, 2.24) is 5.32 Å². The van der Waals surface area contributed by atoms with Crippen LogP contribution >= 0.6 is 11.8 Å². The van der Waals surface area contributed by atoms with Gasteiger partial charge in [-0.1, -0.05) is 39.5 Å². The van der Waals surface area contributed by atoms with Crippen LogP contribution in [0.15, 0.2) is 21.6 Å². The summed E-state index contributed by atoms with van der Waals surface area (Å²) in [6.45, 7) is 8.21. The number of nitrogens with one attached hydrogen (secondary N) is 1. The Balaban J connectivity index is 2.58. The molecule has 1 aromatic rings. The Morgan fingerprint density at radius 3 is 2.58 bits per heavy atom. The molecule has 1 aromatic heterocycles. The summed E-state index contributed by atoms with van der Waals surface area (Å²) in [4.78, 5) is 11.9. The highest BCUT2D eigenvalue weighted by atomic mass is 32.2. The summed E-state index contributed by atoms with van der Waals surface area (Å²) in [6, 6.07) is 3.43. The Morgan fingerprint density at radius 2 is 2.11 bits per heavy atom. The van der Waals surface area contributed by atoms with E-state index in [2.05, 4.69) is 5.32 Å². The molecule has 0 aromatic carbocycles. The van der Waals surface area contributed by atoms with E-state index in [-0.39, 0.29) is 17.2 Å². The zero-order chi connectivity index (χ0) is 14.6. The van der Waals surface area contributed by atoms with Crippen LogP contribution in [0.1, 0.15) is 38.2 Å². The summed E-state index contributed by atoms with van der Waals surface area (Å²) >= 11 is 1.45. The quantitative estimate of drug-likeness (QED) is 0.789. The fourth-order valence-electron chi connectivity index (χ4n) is 1.95. The van der Waals surface area contributed by atoms with E-state index in [4.69, 9.17) is 4.42 Å². The number of hydrogen-bond acceptors (Lipinski definition) is 4. The number of aliphatic hydroxyl groups is 1. The van der Waals surface area contributed by atoms with Gasteiger partial charge < -0.3 is 14.8 Å². The Morgan fingerprint density at radius 1 is 1.47 bits per heavy atom. The molecule has 0 saturated heterocycles. The van der Waals surface area contributed by atoms with Gasteiger partial charge in [-0.05, 0) is 24.3 Å². The van der Waals surface area contributed by atoms with Crippen LogP contribution in [0.5, 0.6) is 0 Å². The lowest BCUT2D eigenvalue weighted by atomic mass is 9.80. The molecule has 1 atom stereocenters. The normalized spacial score (nSPS) is 13.6. The van der Waals surface area contributed by atoms with Crippen LogP contribution in [-0.4, -0.2) is 29.9 Å². The second-order valence-corrected chi connectivity index (χ2v) is 6.49. The third kappa shape index (κ3) is 4.28. The van der Waals surface area contributed by atoms with Crippen LogP contribution < -0.4 is 5.32 Å². The zero-order valence-electron chi connectivity index (χ0n) is 12.2. The van der Waals surface area contributed by atoms with Gasteiger partial charge in [-0.15, -0.1) is 0 Å². The summed E-state index contributed by atoms with van der Waals surface area (Å²) < 4.78 is 5.36. The number of hydrogen-bond donors (Lipinski definition) is 2. The van der Waals surface area contributed by atoms with Gasteiger partial charge >= 0.3 is 0 Å². The molecule has 2 N–H and O–H groups in total. The van der Waals surface area contributed by atoms with Crippen molar-refractivity contribution in [2.45, 2.75) is 38.9 Å². The number of rotatable bonds is 6. The van der Waals surface area contributed by atoms with Crippen molar-refractivity contribution in [3.05, 3.63) is 17.9 Å². The Kier molecular flexibility index (Phi) is 5.50. The van der Waals surface area contributed by atoms with E-state index in [1.165, 1.54) is 11.8 Å². The molecule has 1 amide bonds. The second kappa shape index (κ2) is 6.48. The average molecular weight is 285 g/mol. The van der Waals surface area contributed by atoms with Crippen LogP contribution in [-0.2, 0) is 0 Å². The van der Waals surface area contributed by atoms with Crippen molar-refractivity contribution < 1.29 is 14.3 Å². The second-order valence-electron chi connectivity index (χ2n) is 5.68. The average Bonchev–Trinajstić information content (AvgIpc) is 2.83. The highest BCUT2D eigenvalue weighted by Gasteiger charge is 2.30. The third-order valence-electron chi connectivity index (χ3n) is 3.14. The van der Waals surface area contributed by atoms with E-state index in [0.29, 0.717) is 17.4 Å². The number of furan rings is 1.